The van der Waals surface area contributed by atoms with Gasteiger partial charge in [-0.2, -0.15) is 5.10 Å². The number of rotatable bonds is 6. The minimum absolute atomic E-state index is 0.769. The van der Waals surface area contributed by atoms with Crippen LogP contribution in [-0.2, 0) is 13.1 Å². The van der Waals surface area contributed by atoms with Crippen molar-refractivity contribution in [3.05, 3.63) is 46.2 Å². The number of anilines is 1. The van der Waals surface area contributed by atoms with Crippen LogP contribution in [0.25, 0.3) is 0 Å². The zero-order valence-corrected chi connectivity index (χ0v) is 12.9. The highest BCUT2D eigenvalue weighted by Gasteiger charge is 2.06. The van der Waals surface area contributed by atoms with E-state index in [0.29, 0.717) is 0 Å². The quantitative estimate of drug-likeness (QED) is 0.859. The normalized spacial score (nSPS) is 10.7. The molecule has 0 amide bonds. The van der Waals surface area contributed by atoms with Crippen LogP contribution in [0.2, 0.25) is 0 Å². The van der Waals surface area contributed by atoms with Crippen molar-refractivity contribution in [3.8, 4) is 0 Å². The summed E-state index contributed by atoms with van der Waals surface area (Å²) in [7, 11) is 2.12. The van der Waals surface area contributed by atoms with Gasteiger partial charge in [0.2, 0.25) is 0 Å². The predicted octanol–water partition coefficient (Wildman–Crippen LogP) is 2.92. The van der Waals surface area contributed by atoms with Crippen LogP contribution in [0.1, 0.15) is 18.2 Å². The van der Waals surface area contributed by atoms with Crippen molar-refractivity contribution in [2.24, 2.45) is 0 Å². The van der Waals surface area contributed by atoms with E-state index >= 15 is 0 Å². The molecule has 0 aliphatic carbocycles. The molecule has 0 unspecified atom stereocenters. The van der Waals surface area contributed by atoms with Gasteiger partial charge in [-0.25, -0.2) is 0 Å². The van der Waals surface area contributed by atoms with Crippen molar-refractivity contribution in [1.29, 1.82) is 0 Å². The molecule has 1 aromatic heterocycles. The Bertz CT molecular complexity index is 524. The molecule has 0 aliphatic heterocycles. The number of halogens is 1. The molecule has 0 fully saturated rings. The Balaban J connectivity index is 1.98. The van der Waals surface area contributed by atoms with Gasteiger partial charge in [-0.3, -0.25) is 5.10 Å². The molecule has 2 rings (SSSR count). The maximum Gasteiger partial charge on any atom is 0.0633 e. The monoisotopic (exact) mass is 322 g/mol. The minimum Gasteiger partial charge on any atom is -0.375 e. The summed E-state index contributed by atoms with van der Waals surface area (Å²) in [6.45, 7) is 4.77. The molecule has 19 heavy (non-hydrogen) atoms. The van der Waals surface area contributed by atoms with E-state index in [1.54, 1.807) is 6.20 Å². The van der Waals surface area contributed by atoms with Crippen molar-refractivity contribution < 1.29 is 0 Å². The molecular weight excluding hydrogens is 304 g/mol. The first-order chi connectivity index (χ1) is 9.22. The number of para-hydroxylation sites is 1. The molecule has 0 aliphatic rings. The van der Waals surface area contributed by atoms with E-state index in [2.05, 4.69) is 74.6 Å². The van der Waals surface area contributed by atoms with Crippen molar-refractivity contribution in [2.75, 3.05) is 18.5 Å². The molecule has 0 bridgehead atoms. The minimum atomic E-state index is 0.769. The van der Waals surface area contributed by atoms with Crippen molar-refractivity contribution in [1.82, 2.24) is 15.5 Å². The van der Waals surface area contributed by atoms with Gasteiger partial charge in [-0.1, -0.05) is 18.2 Å². The molecule has 102 valence electrons. The highest BCUT2D eigenvalue weighted by molar-refractivity contribution is 9.10. The van der Waals surface area contributed by atoms with E-state index in [1.165, 1.54) is 11.3 Å². The fourth-order valence-electron chi connectivity index (χ4n) is 1.95. The van der Waals surface area contributed by atoms with Crippen molar-refractivity contribution in [2.45, 2.75) is 20.0 Å². The summed E-state index contributed by atoms with van der Waals surface area (Å²) in [5, 5.41) is 10.4. The maximum absolute atomic E-state index is 3.99. The Morgan fingerprint density at radius 3 is 2.79 bits per heavy atom. The third-order valence-corrected chi connectivity index (χ3v) is 3.84. The van der Waals surface area contributed by atoms with Gasteiger partial charge >= 0.3 is 0 Å². The summed E-state index contributed by atoms with van der Waals surface area (Å²) < 4.78 is 1.01. The van der Waals surface area contributed by atoms with Crippen molar-refractivity contribution in [3.63, 3.8) is 0 Å². The third-order valence-electron chi connectivity index (χ3n) is 3.16. The standard InChI is InChI=1S/C14H19BrN4/c1-3-19(2)14-7-5-4-6-11(14)8-16-10-13-12(15)9-17-18-13/h4-7,9,16H,3,8,10H2,1-2H3,(H,17,18). The Kier molecular flexibility index (Phi) is 4.99. The van der Waals surface area contributed by atoms with E-state index in [4.69, 9.17) is 0 Å². The highest BCUT2D eigenvalue weighted by atomic mass is 79.9. The molecule has 1 aromatic carbocycles. The first-order valence-electron chi connectivity index (χ1n) is 6.40. The van der Waals surface area contributed by atoms with Crippen LogP contribution in [-0.4, -0.2) is 23.8 Å². The summed E-state index contributed by atoms with van der Waals surface area (Å²) >= 11 is 3.46. The zero-order valence-electron chi connectivity index (χ0n) is 11.3. The van der Waals surface area contributed by atoms with Gasteiger partial charge in [0.15, 0.2) is 0 Å². The number of nitrogens with one attached hydrogen (secondary N) is 2. The van der Waals surface area contributed by atoms with E-state index in [1.807, 2.05) is 0 Å². The van der Waals surface area contributed by atoms with Crippen LogP contribution in [0.15, 0.2) is 34.9 Å². The summed E-state index contributed by atoms with van der Waals surface area (Å²) in [5.74, 6) is 0. The average molecular weight is 323 g/mol. The van der Waals surface area contributed by atoms with Crippen molar-refractivity contribution >= 4 is 21.6 Å². The lowest BCUT2D eigenvalue weighted by Gasteiger charge is -2.20. The van der Waals surface area contributed by atoms with Crippen LogP contribution in [0.3, 0.4) is 0 Å². The van der Waals surface area contributed by atoms with E-state index in [-0.39, 0.29) is 0 Å². The van der Waals surface area contributed by atoms with E-state index in [9.17, 15) is 0 Å². The second-order valence-corrected chi connectivity index (χ2v) is 5.30. The van der Waals surface area contributed by atoms with E-state index in [0.717, 1.165) is 29.8 Å². The van der Waals surface area contributed by atoms with Crippen LogP contribution in [0, 0.1) is 0 Å². The number of aromatic amines is 1. The van der Waals surface area contributed by atoms with Gasteiger partial charge in [-0.05, 0) is 34.5 Å². The fraction of sp³-hybridized carbons (Fsp3) is 0.357. The van der Waals surface area contributed by atoms with E-state index < -0.39 is 0 Å². The number of H-pyrrole nitrogens is 1. The fourth-order valence-corrected chi connectivity index (χ4v) is 2.28. The van der Waals surface area contributed by atoms with Gasteiger partial charge < -0.3 is 10.2 Å². The summed E-state index contributed by atoms with van der Waals surface area (Å²) in [6, 6.07) is 8.48. The van der Waals surface area contributed by atoms with Gasteiger partial charge in [-0.15, -0.1) is 0 Å². The molecule has 4 nitrogen and oxygen atoms in total. The lowest BCUT2D eigenvalue weighted by molar-refractivity contribution is 0.674. The molecule has 2 aromatic rings. The topological polar surface area (TPSA) is 44.0 Å². The Morgan fingerprint density at radius 2 is 2.11 bits per heavy atom. The largest absolute Gasteiger partial charge is 0.375 e. The van der Waals surface area contributed by atoms with Gasteiger partial charge in [0.25, 0.3) is 0 Å². The Labute approximate surface area is 122 Å². The maximum atomic E-state index is 3.99. The molecule has 5 heteroatoms. The first kappa shape index (κ1) is 14.1. The van der Waals surface area contributed by atoms with Gasteiger partial charge in [0.05, 0.1) is 16.4 Å². The van der Waals surface area contributed by atoms with Gasteiger partial charge in [0, 0.05) is 32.4 Å². The number of hydrogen-bond donors (Lipinski definition) is 2. The Hall–Kier alpha value is -1.33. The summed E-state index contributed by atoms with van der Waals surface area (Å²) in [6.07, 6.45) is 1.77. The lowest BCUT2D eigenvalue weighted by atomic mass is 10.1. The predicted molar refractivity (Wildman–Crippen MR) is 82.2 cm³/mol. The molecule has 0 spiro atoms. The summed E-state index contributed by atoms with van der Waals surface area (Å²) in [5.41, 5.74) is 3.66. The molecule has 0 radical (unpaired) electrons. The lowest BCUT2D eigenvalue weighted by Crippen LogP contribution is -2.20. The second-order valence-electron chi connectivity index (χ2n) is 4.44. The number of hydrogen-bond acceptors (Lipinski definition) is 3. The van der Waals surface area contributed by atoms with Crippen LogP contribution < -0.4 is 10.2 Å². The van der Waals surface area contributed by atoms with Crippen LogP contribution in [0.5, 0.6) is 0 Å². The number of aromatic nitrogens is 2. The molecule has 0 saturated carbocycles. The molecule has 0 atom stereocenters. The third kappa shape index (κ3) is 3.58. The second kappa shape index (κ2) is 6.73. The van der Waals surface area contributed by atoms with Gasteiger partial charge in [0.1, 0.15) is 0 Å². The SMILES string of the molecule is CCN(C)c1ccccc1CNCc1[nH]ncc1Br. The average Bonchev–Trinajstić information content (AvgIpc) is 2.84. The van der Waals surface area contributed by atoms with Crippen LogP contribution in [0.4, 0.5) is 5.69 Å². The molecule has 2 N–H and O–H groups in total. The number of nitrogens with zero attached hydrogens (tertiary/aromatic N) is 2. The highest BCUT2D eigenvalue weighted by Crippen LogP contribution is 2.19. The zero-order chi connectivity index (χ0) is 13.7. The number of benzene rings is 1. The molecular formula is C14H19BrN4. The molecule has 0 saturated heterocycles. The van der Waals surface area contributed by atoms with Crippen LogP contribution >= 0.6 is 15.9 Å². The first-order valence-corrected chi connectivity index (χ1v) is 7.19. The smallest absolute Gasteiger partial charge is 0.0633 e. The summed E-state index contributed by atoms with van der Waals surface area (Å²) in [4.78, 5) is 2.25. The Morgan fingerprint density at radius 1 is 1.32 bits per heavy atom. The molecule has 1 heterocycles.